The minimum atomic E-state index is -3.75. The molecule has 1 unspecified atom stereocenters. The second-order valence-electron chi connectivity index (χ2n) is 3.92. The normalized spacial score (nSPS) is 19.1. The van der Waals surface area contributed by atoms with E-state index in [9.17, 15) is 8.42 Å². The van der Waals surface area contributed by atoms with Gasteiger partial charge in [-0.1, -0.05) is 0 Å². The first kappa shape index (κ1) is 11.8. The van der Waals surface area contributed by atoms with Crippen LogP contribution >= 0.6 is 11.3 Å². The SMILES string of the molecule is NS(=O)(=O)c1nc2ccc(OCC3CO3)cc2s1. The molecule has 1 aromatic heterocycles. The Kier molecular flexibility index (Phi) is 2.74. The molecule has 0 bridgehead atoms. The summed E-state index contributed by atoms with van der Waals surface area (Å²) in [4.78, 5) is 3.96. The van der Waals surface area contributed by atoms with Crippen molar-refractivity contribution in [3.8, 4) is 5.75 Å². The fourth-order valence-corrected chi connectivity index (χ4v) is 3.13. The molecule has 1 aromatic carbocycles. The molecule has 96 valence electrons. The topological polar surface area (TPSA) is 94.8 Å². The van der Waals surface area contributed by atoms with Gasteiger partial charge in [-0.25, -0.2) is 18.5 Å². The molecule has 6 nitrogen and oxygen atoms in total. The molecule has 2 heterocycles. The summed E-state index contributed by atoms with van der Waals surface area (Å²) in [5.41, 5.74) is 0.596. The smallest absolute Gasteiger partial charge is 0.265 e. The number of sulfonamides is 1. The summed E-state index contributed by atoms with van der Waals surface area (Å²) in [7, 11) is -3.75. The molecule has 0 amide bonds. The zero-order chi connectivity index (χ0) is 12.8. The third kappa shape index (κ3) is 2.46. The summed E-state index contributed by atoms with van der Waals surface area (Å²) >= 11 is 1.03. The molecule has 0 spiro atoms. The molecule has 1 atom stereocenters. The van der Waals surface area contributed by atoms with E-state index in [1.54, 1.807) is 18.2 Å². The quantitative estimate of drug-likeness (QED) is 0.836. The summed E-state index contributed by atoms with van der Waals surface area (Å²) in [6, 6.07) is 5.21. The van der Waals surface area contributed by atoms with Crippen molar-refractivity contribution < 1.29 is 17.9 Å². The molecule has 1 aliphatic heterocycles. The number of primary sulfonamides is 1. The number of benzene rings is 1. The van der Waals surface area contributed by atoms with Gasteiger partial charge in [-0.2, -0.15) is 0 Å². The molecule has 1 aliphatic rings. The van der Waals surface area contributed by atoms with Crippen LogP contribution in [0.3, 0.4) is 0 Å². The maximum absolute atomic E-state index is 11.2. The third-order valence-corrected chi connectivity index (χ3v) is 4.76. The number of fused-ring (bicyclic) bond motifs is 1. The van der Waals surface area contributed by atoms with Gasteiger partial charge in [0, 0.05) is 0 Å². The van der Waals surface area contributed by atoms with Crippen molar-refractivity contribution in [3.05, 3.63) is 18.2 Å². The minimum absolute atomic E-state index is 0.0832. The van der Waals surface area contributed by atoms with E-state index in [1.807, 2.05) is 0 Å². The second-order valence-corrected chi connectivity index (χ2v) is 6.69. The van der Waals surface area contributed by atoms with Crippen molar-refractivity contribution in [2.24, 2.45) is 5.14 Å². The monoisotopic (exact) mass is 286 g/mol. The highest BCUT2D eigenvalue weighted by Crippen LogP contribution is 2.28. The van der Waals surface area contributed by atoms with Crippen molar-refractivity contribution in [3.63, 3.8) is 0 Å². The van der Waals surface area contributed by atoms with Crippen LogP contribution in [0.25, 0.3) is 10.2 Å². The molecule has 2 aromatic rings. The molecule has 1 fully saturated rings. The molecule has 1 saturated heterocycles. The van der Waals surface area contributed by atoms with Crippen molar-refractivity contribution in [1.29, 1.82) is 0 Å². The van der Waals surface area contributed by atoms with Crippen LogP contribution in [-0.2, 0) is 14.8 Å². The maximum Gasteiger partial charge on any atom is 0.265 e. The van der Waals surface area contributed by atoms with Gasteiger partial charge in [0.25, 0.3) is 10.0 Å². The summed E-state index contributed by atoms with van der Waals surface area (Å²) in [5, 5.41) is 5.04. The zero-order valence-electron chi connectivity index (χ0n) is 9.20. The number of nitrogens with two attached hydrogens (primary N) is 1. The lowest BCUT2D eigenvalue weighted by Gasteiger charge is -2.02. The molecular formula is C10H10N2O4S2. The number of nitrogens with zero attached hydrogens (tertiary/aromatic N) is 1. The number of thiazole rings is 1. The van der Waals surface area contributed by atoms with E-state index in [4.69, 9.17) is 14.6 Å². The lowest BCUT2D eigenvalue weighted by Crippen LogP contribution is -2.11. The average Bonchev–Trinajstić information content (AvgIpc) is 3.02. The van der Waals surface area contributed by atoms with Gasteiger partial charge in [0.05, 0.1) is 16.8 Å². The van der Waals surface area contributed by atoms with E-state index in [0.717, 1.165) is 22.6 Å². The Bertz CT molecular complexity index is 691. The van der Waals surface area contributed by atoms with Gasteiger partial charge in [-0.15, -0.1) is 11.3 Å². The minimum Gasteiger partial charge on any atom is -0.491 e. The molecule has 8 heteroatoms. The number of aromatic nitrogens is 1. The predicted molar refractivity (Wildman–Crippen MR) is 66.2 cm³/mol. The molecule has 18 heavy (non-hydrogen) atoms. The number of epoxide rings is 1. The van der Waals surface area contributed by atoms with Gasteiger partial charge in [-0.05, 0) is 18.2 Å². The van der Waals surface area contributed by atoms with Gasteiger partial charge in [0.2, 0.25) is 4.34 Å². The summed E-state index contributed by atoms with van der Waals surface area (Å²) in [6.07, 6.45) is 0.183. The van der Waals surface area contributed by atoms with E-state index < -0.39 is 10.0 Å². The standard InChI is InChI=1S/C10H10N2O4S2/c11-18(13,14)10-12-8-2-1-6(3-9(8)17-10)15-4-7-5-16-7/h1-3,7H,4-5H2,(H2,11,13,14). The van der Waals surface area contributed by atoms with Crippen LogP contribution in [-0.4, -0.2) is 32.7 Å². The Morgan fingerprint density at radius 2 is 2.33 bits per heavy atom. The molecule has 0 aliphatic carbocycles. The van der Waals surface area contributed by atoms with E-state index in [1.165, 1.54) is 0 Å². The second kappa shape index (κ2) is 4.16. The number of rotatable bonds is 4. The Labute approximate surface area is 107 Å². The first-order valence-electron chi connectivity index (χ1n) is 5.20. The molecule has 0 saturated carbocycles. The van der Waals surface area contributed by atoms with Crippen LogP contribution in [0.1, 0.15) is 0 Å². The van der Waals surface area contributed by atoms with Crippen molar-refractivity contribution in [1.82, 2.24) is 4.98 Å². The number of ether oxygens (including phenoxy) is 2. The van der Waals surface area contributed by atoms with Gasteiger partial charge >= 0.3 is 0 Å². The van der Waals surface area contributed by atoms with E-state index in [0.29, 0.717) is 17.9 Å². The van der Waals surface area contributed by atoms with E-state index in [2.05, 4.69) is 4.98 Å². The van der Waals surface area contributed by atoms with E-state index in [-0.39, 0.29) is 10.4 Å². The van der Waals surface area contributed by atoms with Gasteiger partial charge < -0.3 is 9.47 Å². The van der Waals surface area contributed by atoms with Crippen molar-refractivity contribution in [2.45, 2.75) is 10.4 Å². The Morgan fingerprint density at radius 1 is 1.56 bits per heavy atom. The average molecular weight is 286 g/mol. The Hall–Kier alpha value is -1.22. The van der Waals surface area contributed by atoms with Crippen LogP contribution in [0.4, 0.5) is 0 Å². The van der Waals surface area contributed by atoms with Crippen LogP contribution in [0, 0.1) is 0 Å². The van der Waals surface area contributed by atoms with Crippen molar-refractivity contribution >= 4 is 31.6 Å². The zero-order valence-corrected chi connectivity index (χ0v) is 10.8. The summed E-state index contributed by atoms with van der Waals surface area (Å²) in [6.45, 7) is 1.24. The highest BCUT2D eigenvalue weighted by atomic mass is 32.2. The largest absolute Gasteiger partial charge is 0.491 e. The molecule has 0 radical (unpaired) electrons. The Balaban J connectivity index is 1.90. The maximum atomic E-state index is 11.2. The van der Waals surface area contributed by atoms with Crippen LogP contribution in [0.15, 0.2) is 22.5 Å². The van der Waals surface area contributed by atoms with Crippen LogP contribution in [0.2, 0.25) is 0 Å². The van der Waals surface area contributed by atoms with E-state index >= 15 is 0 Å². The summed E-state index contributed by atoms with van der Waals surface area (Å²) in [5.74, 6) is 0.669. The van der Waals surface area contributed by atoms with Gasteiger partial charge in [0.15, 0.2) is 0 Å². The highest BCUT2D eigenvalue weighted by Gasteiger charge is 2.23. The third-order valence-electron chi connectivity index (χ3n) is 2.42. The first-order chi connectivity index (χ1) is 8.52. The first-order valence-corrected chi connectivity index (χ1v) is 7.56. The fourth-order valence-electron chi connectivity index (χ4n) is 1.45. The number of hydrogen-bond acceptors (Lipinski definition) is 6. The van der Waals surface area contributed by atoms with Crippen LogP contribution in [0.5, 0.6) is 5.75 Å². The fraction of sp³-hybridized carbons (Fsp3) is 0.300. The molecule has 3 rings (SSSR count). The highest BCUT2D eigenvalue weighted by molar-refractivity contribution is 7.91. The molecule has 2 N–H and O–H groups in total. The lowest BCUT2D eigenvalue weighted by molar-refractivity contribution is 0.263. The predicted octanol–water partition coefficient (Wildman–Crippen LogP) is 0.721. The van der Waals surface area contributed by atoms with Crippen molar-refractivity contribution in [2.75, 3.05) is 13.2 Å². The van der Waals surface area contributed by atoms with Gasteiger partial charge in [-0.3, -0.25) is 0 Å². The summed E-state index contributed by atoms with van der Waals surface area (Å²) < 4.78 is 33.6. The molecular weight excluding hydrogens is 276 g/mol. The lowest BCUT2D eigenvalue weighted by atomic mass is 10.3. The number of hydrogen-bond donors (Lipinski definition) is 1. The van der Waals surface area contributed by atoms with Gasteiger partial charge in [0.1, 0.15) is 18.5 Å². The van der Waals surface area contributed by atoms with Crippen LogP contribution < -0.4 is 9.88 Å². The Morgan fingerprint density at radius 3 is 3.00 bits per heavy atom.